The number of fused-ring (bicyclic) bond motifs is 1. The number of ether oxygens (including phenoxy) is 1. The van der Waals surface area contributed by atoms with Gasteiger partial charge in [-0.05, 0) is 78.2 Å². The summed E-state index contributed by atoms with van der Waals surface area (Å²) >= 11 is 0. The lowest BCUT2D eigenvalue weighted by Gasteiger charge is -2.42. The summed E-state index contributed by atoms with van der Waals surface area (Å²) in [7, 11) is 0. The van der Waals surface area contributed by atoms with Crippen molar-refractivity contribution < 1.29 is 24.5 Å². The van der Waals surface area contributed by atoms with Crippen LogP contribution in [0.1, 0.15) is 112 Å². The lowest BCUT2D eigenvalue weighted by atomic mass is 9.64. The molecular weight excluding hydrogens is 478 g/mol. The van der Waals surface area contributed by atoms with Crippen LogP contribution in [-0.4, -0.2) is 40.2 Å². The number of carbonyl (C=O) groups is 2. The van der Waals surface area contributed by atoms with E-state index in [2.05, 4.69) is 32.9 Å². The topological polar surface area (TPSA) is 110 Å². The fraction of sp³-hybridized carbons (Fsp3) is 0.688. The van der Waals surface area contributed by atoms with Crippen LogP contribution >= 0.6 is 0 Å². The molecule has 0 aliphatic heterocycles. The molecule has 0 saturated carbocycles. The number of hydrogen-bond acceptors (Lipinski definition) is 6. The maximum atomic E-state index is 13.6. The highest BCUT2D eigenvalue weighted by atomic mass is 16.5. The molecule has 38 heavy (non-hydrogen) atoms. The number of nitrogens with two attached hydrogens (primary N) is 1. The van der Waals surface area contributed by atoms with E-state index in [4.69, 9.17) is 10.5 Å². The van der Waals surface area contributed by atoms with Crippen molar-refractivity contribution in [3.05, 3.63) is 46.3 Å². The summed E-state index contributed by atoms with van der Waals surface area (Å²) in [5.74, 6) is -1.38. The fourth-order valence-electron chi connectivity index (χ4n) is 5.63. The van der Waals surface area contributed by atoms with E-state index >= 15 is 0 Å². The Kier molecular flexibility index (Phi) is 12.0. The Hall–Kier alpha value is -2.18. The summed E-state index contributed by atoms with van der Waals surface area (Å²) in [5.41, 5.74) is 8.57. The van der Waals surface area contributed by atoms with E-state index in [1.807, 2.05) is 26.8 Å². The molecule has 6 nitrogen and oxygen atoms in total. The van der Waals surface area contributed by atoms with Crippen molar-refractivity contribution in [1.29, 1.82) is 0 Å². The third kappa shape index (κ3) is 7.69. The molecule has 0 fully saturated rings. The zero-order valence-corrected chi connectivity index (χ0v) is 24.6. The first-order valence-electron chi connectivity index (χ1n) is 14.5. The number of carbonyl (C=O) groups excluding carboxylic acids is 2. The van der Waals surface area contributed by atoms with Gasteiger partial charge in [0.15, 0.2) is 5.76 Å². The van der Waals surface area contributed by atoms with Crippen LogP contribution in [0.3, 0.4) is 0 Å². The Bertz CT molecular complexity index is 974. The molecule has 0 aromatic carbocycles. The maximum Gasteiger partial charge on any atom is 0.305 e. The van der Waals surface area contributed by atoms with Crippen molar-refractivity contribution in [3.8, 4) is 0 Å². The predicted molar refractivity (Wildman–Crippen MR) is 154 cm³/mol. The monoisotopic (exact) mass is 529 g/mol. The molecule has 0 radical (unpaired) electrons. The quantitative estimate of drug-likeness (QED) is 0.181. The minimum atomic E-state index is -1.19. The van der Waals surface area contributed by atoms with E-state index in [9.17, 15) is 19.8 Å². The first-order chi connectivity index (χ1) is 17.9. The molecule has 0 heterocycles. The smallest absolute Gasteiger partial charge is 0.305 e. The molecule has 0 aromatic heterocycles. The Morgan fingerprint density at radius 1 is 1.11 bits per heavy atom. The van der Waals surface area contributed by atoms with Crippen LogP contribution in [-0.2, 0) is 14.3 Å². The van der Waals surface area contributed by atoms with Crippen LogP contribution < -0.4 is 5.73 Å². The van der Waals surface area contributed by atoms with Gasteiger partial charge in [0.25, 0.3) is 0 Å². The Balaban J connectivity index is 2.37. The summed E-state index contributed by atoms with van der Waals surface area (Å²) in [5, 5.41) is 21.9. The molecule has 0 saturated heterocycles. The van der Waals surface area contributed by atoms with E-state index in [0.29, 0.717) is 24.8 Å². The van der Waals surface area contributed by atoms with Crippen molar-refractivity contribution in [2.75, 3.05) is 6.61 Å². The van der Waals surface area contributed by atoms with Crippen molar-refractivity contribution >= 4 is 11.8 Å². The first-order valence-corrected chi connectivity index (χ1v) is 14.5. The summed E-state index contributed by atoms with van der Waals surface area (Å²) < 4.78 is 5.56. The number of rotatable bonds is 8. The predicted octanol–water partition coefficient (Wildman–Crippen LogP) is 6.79. The summed E-state index contributed by atoms with van der Waals surface area (Å²) in [6.45, 7) is 11.9. The van der Waals surface area contributed by atoms with Crippen LogP contribution in [0.2, 0.25) is 0 Å². The highest BCUT2D eigenvalue weighted by molar-refractivity contribution is 6.03. The molecule has 2 rings (SSSR count). The molecule has 214 valence electrons. The minimum absolute atomic E-state index is 0.0550. The van der Waals surface area contributed by atoms with Gasteiger partial charge in [-0.25, -0.2) is 0 Å². The molecule has 0 bridgehead atoms. The van der Waals surface area contributed by atoms with Crippen molar-refractivity contribution in [2.24, 2.45) is 17.1 Å². The van der Waals surface area contributed by atoms with Crippen LogP contribution in [0.5, 0.6) is 0 Å². The molecule has 4 atom stereocenters. The molecule has 2 aliphatic carbocycles. The number of hydrogen-bond donors (Lipinski definition) is 3. The largest absolute Gasteiger partial charge is 0.504 e. The Morgan fingerprint density at radius 3 is 2.47 bits per heavy atom. The van der Waals surface area contributed by atoms with Gasteiger partial charge in [-0.2, -0.15) is 0 Å². The second-order valence-corrected chi connectivity index (χ2v) is 11.8. The zero-order valence-electron chi connectivity index (χ0n) is 24.6. The zero-order chi connectivity index (χ0) is 28.5. The summed E-state index contributed by atoms with van der Waals surface area (Å²) in [4.78, 5) is 25.9. The molecule has 0 spiro atoms. The molecule has 6 heteroatoms. The van der Waals surface area contributed by atoms with Crippen LogP contribution in [0.4, 0.5) is 0 Å². The molecule has 4 unspecified atom stereocenters. The summed E-state index contributed by atoms with van der Waals surface area (Å²) in [6.07, 6.45) is 13.8. The van der Waals surface area contributed by atoms with Crippen LogP contribution in [0.15, 0.2) is 46.3 Å². The normalized spacial score (nSPS) is 32.6. The third-order valence-electron chi connectivity index (χ3n) is 8.63. The molecule has 2 aliphatic rings. The van der Waals surface area contributed by atoms with Gasteiger partial charge in [-0.15, -0.1) is 0 Å². The van der Waals surface area contributed by atoms with Gasteiger partial charge in [0.05, 0.1) is 23.7 Å². The maximum absolute atomic E-state index is 13.6. The summed E-state index contributed by atoms with van der Waals surface area (Å²) in [6, 6.07) is 0. The third-order valence-corrected chi connectivity index (χ3v) is 8.63. The van der Waals surface area contributed by atoms with E-state index in [0.717, 1.165) is 50.5 Å². The van der Waals surface area contributed by atoms with Gasteiger partial charge in [-0.1, -0.05) is 62.5 Å². The van der Waals surface area contributed by atoms with Gasteiger partial charge < -0.3 is 20.7 Å². The lowest BCUT2D eigenvalue weighted by Crippen LogP contribution is -2.56. The van der Waals surface area contributed by atoms with Crippen molar-refractivity contribution in [1.82, 2.24) is 0 Å². The van der Waals surface area contributed by atoms with E-state index in [-0.39, 0.29) is 30.5 Å². The van der Waals surface area contributed by atoms with Gasteiger partial charge >= 0.3 is 5.97 Å². The van der Waals surface area contributed by atoms with Gasteiger partial charge in [-0.3, -0.25) is 9.59 Å². The standard InChI is InChI=1S/C32H51NO5/c1-7-8-9-10-14-27(35)38-21-25(5)28-29(36)30(37)31(6)19-17-23(3)13-11-12-22(2)15-16-26(34)24(4)18-20-32(28,31)33/h12,17-18,25-26,34,36H,7-11,13-16,19-21,33H2,1-6H3/b22-12-,23-17+,24-18+. The van der Waals surface area contributed by atoms with Crippen LogP contribution in [0, 0.1) is 11.3 Å². The number of aliphatic hydroxyl groups is 2. The number of Topliss-reactive ketones (excluding diaryl/α,β-unsaturated/α-hetero) is 1. The number of allylic oxidation sites excluding steroid dienone is 5. The van der Waals surface area contributed by atoms with Gasteiger partial charge in [0.1, 0.15) is 0 Å². The number of unbranched alkanes of at least 4 members (excludes halogenated alkanes) is 3. The molecular formula is C32H51NO5. The van der Waals surface area contributed by atoms with E-state index < -0.39 is 23.0 Å². The van der Waals surface area contributed by atoms with E-state index in [1.165, 1.54) is 11.1 Å². The highest BCUT2D eigenvalue weighted by Crippen LogP contribution is 2.52. The first kappa shape index (κ1) is 32.0. The lowest BCUT2D eigenvalue weighted by molar-refractivity contribution is -0.144. The van der Waals surface area contributed by atoms with Crippen molar-refractivity contribution in [2.45, 2.75) is 124 Å². The minimum Gasteiger partial charge on any atom is -0.504 e. The SMILES string of the molecule is CCCCCCC(=O)OCC(C)C1=C(O)C(=O)C2(C)C/C=C(\C)CC/C=C(/C)CCC(O)/C(C)=C/CC12N. The van der Waals surface area contributed by atoms with Gasteiger partial charge in [0.2, 0.25) is 5.78 Å². The average Bonchev–Trinajstić information content (AvgIpc) is 3.02. The number of esters is 1. The Labute approximate surface area is 230 Å². The Morgan fingerprint density at radius 2 is 1.79 bits per heavy atom. The van der Waals surface area contributed by atoms with E-state index in [1.54, 1.807) is 0 Å². The number of aliphatic hydroxyl groups excluding tert-OH is 2. The molecule has 0 amide bonds. The molecule has 4 N–H and O–H groups in total. The van der Waals surface area contributed by atoms with Gasteiger partial charge in [0, 0.05) is 17.9 Å². The number of ketones is 1. The average molecular weight is 530 g/mol. The second kappa shape index (κ2) is 14.3. The second-order valence-electron chi connectivity index (χ2n) is 11.8. The molecule has 0 aromatic rings. The fourth-order valence-corrected chi connectivity index (χ4v) is 5.63. The van der Waals surface area contributed by atoms with Crippen molar-refractivity contribution in [3.63, 3.8) is 0 Å². The highest BCUT2D eigenvalue weighted by Gasteiger charge is 2.60. The van der Waals surface area contributed by atoms with Crippen LogP contribution in [0.25, 0.3) is 0 Å².